The number of ether oxygens (including phenoxy) is 2. The molecule has 1 unspecified atom stereocenters. The van der Waals surface area contributed by atoms with Crippen molar-refractivity contribution >= 4 is 11.6 Å². The summed E-state index contributed by atoms with van der Waals surface area (Å²) in [6, 6.07) is 7.89. The van der Waals surface area contributed by atoms with Gasteiger partial charge in [-0.2, -0.15) is 0 Å². The van der Waals surface area contributed by atoms with E-state index in [4.69, 9.17) is 15.2 Å². The van der Waals surface area contributed by atoms with Crippen LogP contribution in [0.2, 0.25) is 0 Å². The van der Waals surface area contributed by atoms with Crippen LogP contribution in [0.4, 0.5) is 5.69 Å². The SMILES string of the molecule is COC(CN)CC(=O)Nc1ccccc1CN1CCOCC1. The molecule has 6 nitrogen and oxygen atoms in total. The standard InChI is InChI=1S/C16H25N3O3/c1-21-14(11-17)10-16(20)18-15-5-3-2-4-13(15)12-19-6-8-22-9-7-19/h2-5,14H,6-12,17H2,1H3,(H,18,20). The van der Waals surface area contributed by atoms with Crippen LogP contribution in [0.5, 0.6) is 0 Å². The first-order chi connectivity index (χ1) is 10.7. The maximum absolute atomic E-state index is 12.1. The number of methoxy groups -OCH3 is 1. The van der Waals surface area contributed by atoms with E-state index in [-0.39, 0.29) is 18.4 Å². The first kappa shape index (κ1) is 16.9. The van der Waals surface area contributed by atoms with Crippen molar-refractivity contribution < 1.29 is 14.3 Å². The highest BCUT2D eigenvalue weighted by Crippen LogP contribution is 2.18. The molecule has 1 aliphatic rings. The Kier molecular flexibility index (Phi) is 6.79. The molecular formula is C16H25N3O3. The van der Waals surface area contributed by atoms with Gasteiger partial charge in [0.2, 0.25) is 5.91 Å². The van der Waals surface area contributed by atoms with Gasteiger partial charge in [0.05, 0.1) is 25.7 Å². The van der Waals surface area contributed by atoms with E-state index in [0.717, 1.165) is 44.1 Å². The summed E-state index contributed by atoms with van der Waals surface area (Å²) >= 11 is 0. The van der Waals surface area contributed by atoms with Gasteiger partial charge in [0.25, 0.3) is 0 Å². The Labute approximate surface area is 131 Å². The van der Waals surface area contributed by atoms with E-state index in [2.05, 4.69) is 10.2 Å². The molecule has 2 rings (SSSR count). The molecule has 0 aromatic heterocycles. The van der Waals surface area contributed by atoms with Crippen LogP contribution in [-0.2, 0) is 20.8 Å². The second-order valence-corrected chi connectivity index (χ2v) is 5.39. The van der Waals surface area contributed by atoms with Crippen molar-refractivity contribution in [1.82, 2.24) is 4.90 Å². The molecule has 0 spiro atoms. The lowest BCUT2D eigenvalue weighted by Gasteiger charge is -2.27. The number of hydrogen-bond donors (Lipinski definition) is 2. The molecule has 0 radical (unpaired) electrons. The molecule has 1 aliphatic heterocycles. The van der Waals surface area contributed by atoms with Gasteiger partial charge in [0.1, 0.15) is 0 Å². The minimum Gasteiger partial charge on any atom is -0.380 e. The fourth-order valence-electron chi connectivity index (χ4n) is 2.45. The van der Waals surface area contributed by atoms with Gasteiger partial charge in [-0.25, -0.2) is 0 Å². The van der Waals surface area contributed by atoms with Crippen LogP contribution in [0.15, 0.2) is 24.3 Å². The van der Waals surface area contributed by atoms with Gasteiger partial charge in [-0.15, -0.1) is 0 Å². The second kappa shape index (κ2) is 8.85. The number of nitrogens with zero attached hydrogens (tertiary/aromatic N) is 1. The van der Waals surface area contributed by atoms with Crippen LogP contribution in [0, 0.1) is 0 Å². The number of hydrogen-bond acceptors (Lipinski definition) is 5. The van der Waals surface area contributed by atoms with Crippen LogP contribution in [0.25, 0.3) is 0 Å². The fraction of sp³-hybridized carbons (Fsp3) is 0.562. The van der Waals surface area contributed by atoms with Crippen molar-refractivity contribution in [3.63, 3.8) is 0 Å². The molecule has 1 amide bonds. The molecule has 3 N–H and O–H groups in total. The summed E-state index contributed by atoms with van der Waals surface area (Å²) in [7, 11) is 1.57. The number of benzene rings is 1. The number of anilines is 1. The maximum atomic E-state index is 12.1. The second-order valence-electron chi connectivity index (χ2n) is 5.39. The third-order valence-electron chi connectivity index (χ3n) is 3.80. The van der Waals surface area contributed by atoms with Crippen molar-refractivity contribution in [3.05, 3.63) is 29.8 Å². The predicted molar refractivity (Wildman–Crippen MR) is 85.6 cm³/mol. The van der Waals surface area contributed by atoms with Gasteiger partial charge in [-0.3, -0.25) is 9.69 Å². The van der Waals surface area contributed by atoms with Crippen LogP contribution in [0.3, 0.4) is 0 Å². The third-order valence-corrected chi connectivity index (χ3v) is 3.80. The fourth-order valence-corrected chi connectivity index (χ4v) is 2.45. The van der Waals surface area contributed by atoms with Crippen LogP contribution >= 0.6 is 0 Å². The predicted octanol–water partition coefficient (Wildman–Crippen LogP) is 0.821. The van der Waals surface area contributed by atoms with Gasteiger partial charge >= 0.3 is 0 Å². The normalized spacial score (nSPS) is 17.2. The highest BCUT2D eigenvalue weighted by molar-refractivity contribution is 5.91. The Morgan fingerprint density at radius 3 is 2.82 bits per heavy atom. The number of nitrogens with one attached hydrogen (secondary N) is 1. The summed E-state index contributed by atoms with van der Waals surface area (Å²) in [6.45, 7) is 4.51. The average molecular weight is 307 g/mol. The van der Waals surface area contributed by atoms with Crippen molar-refractivity contribution in [2.24, 2.45) is 5.73 Å². The number of carbonyl (C=O) groups is 1. The van der Waals surface area contributed by atoms with E-state index in [1.54, 1.807) is 7.11 Å². The smallest absolute Gasteiger partial charge is 0.227 e. The first-order valence-electron chi connectivity index (χ1n) is 7.63. The van der Waals surface area contributed by atoms with Crippen molar-refractivity contribution in [3.8, 4) is 0 Å². The summed E-state index contributed by atoms with van der Waals surface area (Å²) in [5.74, 6) is -0.0771. The Balaban J connectivity index is 1.96. The zero-order chi connectivity index (χ0) is 15.8. The van der Waals surface area contributed by atoms with E-state index < -0.39 is 0 Å². The lowest BCUT2D eigenvalue weighted by atomic mass is 10.1. The minimum atomic E-state index is -0.244. The molecule has 1 aromatic rings. The molecule has 6 heteroatoms. The third kappa shape index (κ3) is 5.06. The highest BCUT2D eigenvalue weighted by atomic mass is 16.5. The van der Waals surface area contributed by atoms with E-state index >= 15 is 0 Å². The summed E-state index contributed by atoms with van der Waals surface area (Å²) in [5, 5.41) is 2.97. The minimum absolute atomic E-state index is 0.0771. The van der Waals surface area contributed by atoms with Gasteiger partial charge in [0, 0.05) is 39.0 Å². The molecule has 1 atom stereocenters. The summed E-state index contributed by atoms with van der Waals surface area (Å²) in [6.07, 6.45) is 0.0187. The average Bonchev–Trinajstić information content (AvgIpc) is 2.55. The topological polar surface area (TPSA) is 76.8 Å². The molecule has 122 valence electrons. The zero-order valence-electron chi connectivity index (χ0n) is 13.1. The Hall–Kier alpha value is -1.47. The summed E-state index contributed by atoms with van der Waals surface area (Å²) in [5.41, 5.74) is 7.52. The van der Waals surface area contributed by atoms with Crippen LogP contribution in [0.1, 0.15) is 12.0 Å². The van der Waals surface area contributed by atoms with Crippen LogP contribution < -0.4 is 11.1 Å². The van der Waals surface area contributed by atoms with Gasteiger partial charge < -0.3 is 20.5 Å². The lowest BCUT2D eigenvalue weighted by Crippen LogP contribution is -2.36. The van der Waals surface area contributed by atoms with E-state index in [9.17, 15) is 4.79 Å². The van der Waals surface area contributed by atoms with Gasteiger partial charge in [0.15, 0.2) is 0 Å². The van der Waals surface area contributed by atoms with E-state index in [0.29, 0.717) is 6.54 Å². The number of amides is 1. The molecule has 0 saturated carbocycles. The highest BCUT2D eigenvalue weighted by Gasteiger charge is 2.15. The molecule has 0 aliphatic carbocycles. The molecule has 1 fully saturated rings. The quantitative estimate of drug-likeness (QED) is 0.780. The number of morpholine rings is 1. The lowest BCUT2D eigenvalue weighted by molar-refractivity contribution is -0.118. The number of nitrogens with two attached hydrogens (primary N) is 1. The number of carbonyl (C=O) groups excluding carboxylic acids is 1. The maximum Gasteiger partial charge on any atom is 0.227 e. The van der Waals surface area contributed by atoms with Crippen molar-refractivity contribution in [1.29, 1.82) is 0 Å². The first-order valence-corrected chi connectivity index (χ1v) is 7.63. The van der Waals surface area contributed by atoms with E-state index in [1.807, 2.05) is 24.3 Å². The molecular weight excluding hydrogens is 282 g/mol. The van der Waals surface area contributed by atoms with Crippen molar-refractivity contribution in [2.75, 3.05) is 45.3 Å². The zero-order valence-corrected chi connectivity index (χ0v) is 13.1. The monoisotopic (exact) mass is 307 g/mol. The molecule has 1 heterocycles. The molecule has 0 bridgehead atoms. The molecule has 22 heavy (non-hydrogen) atoms. The van der Waals surface area contributed by atoms with Gasteiger partial charge in [-0.1, -0.05) is 18.2 Å². The van der Waals surface area contributed by atoms with Crippen molar-refractivity contribution in [2.45, 2.75) is 19.1 Å². The summed E-state index contributed by atoms with van der Waals surface area (Å²) < 4.78 is 10.5. The van der Waals surface area contributed by atoms with E-state index in [1.165, 1.54) is 0 Å². The summed E-state index contributed by atoms with van der Waals surface area (Å²) in [4.78, 5) is 14.4. The molecule has 1 aromatic carbocycles. The Morgan fingerprint density at radius 2 is 2.14 bits per heavy atom. The Bertz CT molecular complexity index is 471. The van der Waals surface area contributed by atoms with Gasteiger partial charge in [-0.05, 0) is 11.6 Å². The van der Waals surface area contributed by atoms with Crippen LogP contribution in [-0.4, -0.2) is 56.9 Å². The Morgan fingerprint density at radius 1 is 1.41 bits per heavy atom. The number of para-hydroxylation sites is 1. The number of rotatable bonds is 7. The largest absolute Gasteiger partial charge is 0.380 e. The molecule has 1 saturated heterocycles.